The highest BCUT2D eigenvalue weighted by Gasteiger charge is 2.29. The van der Waals surface area contributed by atoms with Crippen molar-refractivity contribution in [3.05, 3.63) is 0 Å². The molecule has 4 atom stereocenters. The Kier molecular flexibility index (Phi) is 6.23. The van der Waals surface area contributed by atoms with Gasteiger partial charge in [-0.25, -0.2) is 0 Å². The molecule has 0 fully saturated rings. The fraction of sp³-hybridized carbons (Fsp3) is 0.833. The predicted octanol–water partition coefficient (Wildman–Crippen LogP) is 0.361. The second-order valence-corrected chi connectivity index (χ2v) is 3.55. The average Bonchev–Trinajstić information content (AvgIpc) is 2.12. The van der Waals surface area contributed by atoms with E-state index in [9.17, 15) is 4.79 Å². The molecule has 6 heteroatoms. The fourth-order valence-electron chi connectivity index (χ4n) is 0.561. The Bertz CT molecular complexity index is 144. The predicted molar refractivity (Wildman–Crippen MR) is 48.1 cm³/mol. The Morgan fingerprint density at radius 2 is 1.75 bits per heavy atom. The monoisotopic (exact) mass is 234 g/mol. The molecule has 3 nitrogen and oxygen atoms in total. The quantitative estimate of drug-likeness (QED) is 0.534. The molecule has 0 rings (SSSR count). The molecule has 0 amide bonds. The van der Waals surface area contributed by atoms with Crippen molar-refractivity contribution in [2.45, 2.75) is 23.0 Å². The highest BCUT2D eigenvalue weighted by atomic mass is 35.5. The molecule has 0 aromatic heterocycles. The SMILES string of the molecule is O=C[C@@H](O)[C@@H](Cl)[C@H](Cl)[C@H](O)CCl. The molecule has 0 aliphatic rings. The van der Waals surface area contributed by atoms with Gasteiger partial charge in [0.2, 0.25) is 0 Å². The Morgan fingerprint density at radius 3 is 2.08 bits per heavy atom. The summed E-state index contributed by atoms with van der Waals surface area (Å²) in [7, 11) is 0. The average molecular weight is 235 g/mol. The lowest BCUT2D eigenvalue weighted by Crippen LogP contribution is -2.38. The van der Waals surface area contributed by atoms with Gasteiger partial charge in [-0.1, -0.05) is 0 Å². The zero-order valence-electron chi connectivity index (χ0n) is 6.03. The van der Waals surface area contributed by atoms with E-state index < -0.39 is 23.0 Å². The van der Waals surface area contributed by atoms with Gasteiger partial charge in [-0.05, 0) is 0 Å². The van der Waals surface area contributed by atoms with Crippen LogP contribution in [0, 0.1) is 0 Å². The molecular weight excluding hydrogens is 226 g/mol. The number of halogens is 3. The van der Waals surface area contributed by atoms with Gasteiger partial charge in [-0.2, -0.15) is 0 Å². The van der Waals surface area contributed by atoms with Crippen LogP contribution >= 0.6 is 34.8 Å². The lowest BCUT2D eigenvalue weighted by molar-refractivity contribution is -0.115. The lowest BCUT2D eigenvalue weighted by Gasteiger charge is -2.20. The van der Waals surface area contributed by atoms with Gasteiger partial charge in [0.25, 0.3) is 0 Å². The first-order valence-electron chi connectivity index (χ1n) is 3.20. The Morgan fingerprint density at radius 1 is 1.25 bits per heavy atom. The summed E-state index contributed by atoms with van der Waals surface area (Å²) in [6, 6.07) is 0. The third kappa shape index (κ3) is 3.46. The Hall–Kier alpha value is 0.460. The summed E-state index contributed by atoms with van der Waals surface area (Å²) in [4.78, 5) is 10.1. The summed E-state index contributed by atoms with van der Waals surface area (Å²) < 4.78 is 0. The van der Waals surface area contributed by atoms with E-state index in [1.807, 2.05) is 0 Å². The Balaban J connectivity index is 4.07. The summed E-state index contributed by atoms with van der Waals surface area (Å²) in [5, 5.41) is 16.0. The van der Waals surface area contributed by atoms with Gasteiger partial charge in [0, 0.05) is 5.88 Å². The molecule has 0 aromatic carbocycles. The normalized spacial score (nSPS) is 21.1. The first-order valence-corrected chi connectivity index (χ1v) is 4.60. The van der Waals surface area contributed by atoms with Crippen molar-refractivity contribution in [1.82, 2.24) is 0 Å². The van der Waals surface area contributed by atoms with Crippen LogP contribution in [0.5, 0.6) is 0 Å². The minimum absolute atomic E-state index is 0.0943. The van der Waals surface area contributed by atoms with Crippen LogP contribution in [0.15, 0.2) is 0 Å². The van der Waals surface area contributed by atoms with Gasteiger partial charge in [0.1, 0.15) is 12.4 Å². The number of hydrogen-bond acceptors (Lipinski definition) is 3. The molecule has 0 heterocycles. The van der Waals surface area contributed by atoms with Gasteiger partial charge in [-0.15, -0.1) is 34.8 Å². The van der Waals surface area contributed by atoms with Gasteiger partial charge >= 0.3 is 0 Å². The lowest BCUT2D eigenvalue weighted by atomic mass is 10.1. The number of hydrogen-bond donors (Lipinski definition) is 2. The number of rotatable bonds is 5. The zero-order valence-corrected chi connectivity index (χ0v) is 8.30. The van der Waals surface area contributed by atoms with E-state index in [0.717, 1.165) is 0 Å². The molecule has 0 spiro atoms. The minimum Gasteiger partial charge on any atom is -0.390 e. The van der Waals surface area contributed by atoms with E-state index >= 15 is 0 Å². The van der Waals surface area contributed by atoms with Crippen molar-refractivity contribution in [2.75, 3.05) is 5.88 Å². The maximum Gasteiger partial charge on any atom is 0.150 e. The van der Waals surface area contributed by atoms with Crippen LogP contribution in [0.3, 0.4) is 0 Å². The molecular formula is C6H9Cl3O3. The van der Waals surface area contributed by atoms with Crippen LogP contribution in [0.25, 0.3) is 0 Å². The number of carbonyl (C=O) groups excluding carboxylic acids is 1. The second kappa shape index (κ2) is 6.00. The smallest absolute Gasteiger partial charge is 0.150 e. The largest absolute Gasteiger partial charge is 0.390 e. The van der Waals surface area contributed by atoms with E-state index in [2.05, 4.69) is 0 Å². The molecule has 0 saturated heterocycles. The van der Waals surface area contributed by atoms with E-state index in [1.165, 1.54) is 0 Å². The number of carbonyl (C=O) groups is 1. The molecule has 0 unspecified atom stereocenters. The molecule has 12 heavy (non-hydrogen) atoms. The molecule has 0 saturated carbocycles. The van der Waals surface area contributed by atoms with E-state index in [-0.39, 0.29) is 12.2 Å². The Labute approximate surface area is 85.2 Å². The summed E-state index contributed by atoms with van der Waals surface area (Å²) in [5.74, 6) is -0.0943. The van der Waals surface area contributed by atoms with Crippen molar-refractivity contribution in [1.29, 1.82) is 0 Å². The van der Waals surface area contributed by atoms with Crippen molar-refractivity contribution in [3.8, 4) is 0 Å². The molecule has 0 aromatic rings. The van der Waals surface area contributed by atoms with E-state index in [4.69, 9.17) is 45.0 Å². The maximum atomic E-state index is 10.1. The van der Waals surface area contributed by atoms with Gasteiger partial charge in [0.05, 0.1) is 16.9 Å². The standard InChI is InChI=1S/C6H9Cl3O3/c7-1-3(11)5(8)6(9)4(12)2-10/h2-6,11-12H,1H2/t3-,4-,5-,6-/m1/s1. The molecule has 2 N–H and O–H groups in total. The van der Waals surface area contributed by atoms with Crippen molar-refractivity contribution in [3.63, 3.8) is 0 Å². The van der Waals surface area contributed by atoms with E-state index in [0.29, 0.717) is 0 Å². The third-order valence-electron chi connectivity index (χ3n) is 1.30. The molecule has 0 bridgehead atoms. The topological polar surface area (TPSA) is 57.5 Å². The summed E-state index contributed by atoms with van der Waals surface area (Å²) >= 11 is 16.4. The van der Waals surface area contributed by atoms with Crippen LogP contribution in [0.4, 0.5) is 0 Å². The van der Waals surface area contributed by atoms with Gasteiger partial charge in [-0.3, -0.25) is 0 Å². The van der Waals surface area contributed by atoms with Gasteiger partial charge in [0.15, 0.2) is 0 Å². The van der Waals surface area contributed by atoms with E-state index in [1.54, 1.807) is 0 Å². The first-order chi connectivity index (χ1) is 5.54. The third-order valence-corrected chi connectivity index (χ3v) is 2.83. The summed E-state index contributed by atoms with van der Waals surface area (Å²) in [6.45, 7) is 0. The second-order valence-electron chi connectivity index (χ2n) is 2.24. The highest BCUT2D eigenvalue weighted by Crippen LogP contribution is 2.17. The maximum absolute atomic E-state index is 10.1. The van der Waals surface area contributed by atoms with Crippen molar-refractivity contribution < 1.29 is 15.0 Å². The minimum atomic E-state index is -1.38. The van der Waals surface area contributed by atoms with Crippen LogP contribution in [-0.4, -0.2) is 45.3 Å². The van der Waals surface area contributed by atoms with Crippen molar-refractivity contribution >= 4 is 41.1 Å². The zero-order chi connectivity index (χ0) is 9.72. The van der Waals surface area contributed by atoms with Crippen molar-refractivity contribution in [2.24, 2.45) is 0 Å². The van der Waals surface area contributed by atoms with Crippen LogP contribution in [0.1, 0.15) is 0 Å². The highest BCUT2D eigenvalue weighted by molar-refractivity contribution is 6.31. The van der Waals surface area contributed by atoms with Crippen LogP contribution in [0.2, 0.25) is 0 Å². The molecule has 72 valence electrons. The number of alkyl halides is 3. The summed E-state index contributed by atoms with van der Waals surface area (Å²) in [6.07, 6.45) is -2.16. The molecule has 0 aliphatic heterocycles. The number of aliphatic hydroxyl groups is 2. The first kappa shape index (κ1) is 12.5. The van der Waals surface area contributed by atoms with Crippen LogP contribution < -0.4 is 0 Å². The number of aldehydes is 1. The van der Waals surface area contributed by atoms with Gasteiger partial charge < -0.3 is 15.0 Å². The van der Waals surface area contributed by atoms with Crippen LogP contribution in [-0.2, 0) is 4.79 Å². The fourth-order valence-corrected chi connectivity index (χ4v) is 1.31. The molecule has 0 aliphatic carbocycles. The molecule has 0 radical (unpaired) electrons. The number of aliphatic hydroxyl groups excluding tert-OH is 2. The summed E-state index contributed by atoms with van der Waals surface area (Å²) in [5.41, 5.74) is 0.